The number of halogens is 1. The summed E-state index contributed by atoms with van der Waals surface area (Å²) in [4.78, 5) is 0. The van der Waals surface area contributed by atoms with E-state index in [9.17, 15) is 0 Å². The summed E-state index contributed by atoms with van der Waals surface area (Å²) < 4.78 is 0. The average Bonchev–Trinajstić information content (AvgIpc) is 1.64. The minimum Gasteiger partial charge on any atom is -0.507 e. The predicted molar refractivity (Wildman–Crippen MR) is 32.0 cm³/mol. The zero-order chi connectivity index (χ0) is 5.98. The van der Waals surface area contributed by atoms with Gasteiger partial charge in [-0.3, -0.25) is 0 Å². The van der Waals surface area contributed by atoms with E-state index in [1.165, 1.54) is 6.07 Å². The van der Waals surface area contributed by atoms with Crippen LogP contribution in [0.3, 0.4) is 0 Å². The van der Waals surface area contributed by atoms with Crippen molar-refractivity contribution in [2.45, 2.75) is 0 Å². The first kappa shape index (κ1) is 5.45. The van der Waals surface area contributed by atoms with E-state index >= 15 is 0 Å². The molecule has 0 atom stereocenters. The molecule has 41 valence electrons. The molecule has 0 saturated heterocycles. The van der Waals surface area contributed by atoms with Gasteiger partial charge in [-0.25, -0.2) is 0 Å². The highest BCUT2D eigenvalue weighted by Gasteiger charge is 1.86. The van der Waals surface area contributed by atoms with Crippen LogP contribution in [0, 0.1) is 6.07 Å². The Hall–Kier alpha value is -0.690. The van der Waals surface area contributed by atoms with Crippen LogP contribution < -0.4 is 0 Å². The number of hydrogen-bond donors (Lipinski definition) is 1. The van der Waals surface area contributed by atoms with Crippen molar-refractivity contribution < 1.29 is 5.11 Å². The van der Waals surface area contributed by atoms with Gasteiger partial charge < -0.3 is 5.11 Å². The van der Waals surface area contributed by atoms with Crippen LogP contribution in [0.5, 0.6) is 5.75 Å². The molecule has 0 aliphatic carbocycles. The van der Waals surface area contributed by atoms with E-state index < -0.39 is 0 Å². The lowest BCUT2D eigenvalue weighted by Gasteiger charge is -1.87. The van der Waals surface area contributed by atoms with E-state index in [-0.39, 0.29) is 5.75 Å². The molecule has 1 nitrogen and oxygen atoms in total. The van der Waals surface area contributed by atoms with Crippen molar-refractivity contribution in [3.63, 3.8) is 0 Å². The maximum Gasteiger partial charge on any atom is 0.125 e. The van der Waals surface area contributed by atoms with Crippen molar-refractivity contribution in [3.05, 3.63) is 29.3 Å². The number of hydrogen-bond acceptors (Lipinski definition) is 1. The fraction of sp³-hybridized carbons (Fsp3) is 0. The number of rotatable bonds is 0. The number of phenols is 1. The van der Waals surface area contributed by atoms with Crippen molar-refractivity contribution in [3.8, 4) is 5.75 Å². The van der Waals surface area contributed by atoms with E-state index in [0.717, 1.165) is 0 Å². The van der Waals surface area contributed by atoms with Crippen molar-refractivity contribution >= 4 is 11.6 Å². The van der Waals surface area contributed by atoms with E-state index in [1.807, 2.05) is 0 Å². The van der Waals surface area contributed by atoms with Crippen LogP contribution in [0.1, 0.15) is 0 Å². The monoisotopic (exact) mass is 127 g/mol. The molecule has 0 aliphatic rings. The second-order valence-corrected chi connectivity index (χ2v) is 1.83. The van der Waals surface area contributed by atoms with Gasteiger partial charge in [0.15, 0.2) is 0 Å². The second-order valence-electron chi connectivity index (χ2n) is 1.39. The number of aromatic hydroxyl groups is 1. The molecule has 0 heterocycles. The molecule has 0 amide bonds. The Morgan fingerprint density at radius 3 is 2.75 bits per heavy atom. The van der Waals surface area contributed by atoms with Crippen molar-refractivity contribution in [1.29, 1.82) is 0 Å². The lowest BCUT2D eigenvalue weighted by molar-refractivity contribution is 0.474. The molecule has 0 spiro atoms. The van der Waals surface area contributed by atoms with Crippen LogP contribution in [0.15, 0.2) is 18.2 Å². The quantitative estimate of drug-likeness (QED) is 0.564. The van der Waals surface area contributed by atoms with E-state index in [2.05, 4.69) is 6.07 Å². The van der Waals surface area contributed by atoms with Gasteiger partial charge in [-0.2, -0.15) is 0 Å². The summed E-state index contributed by atoms with van der Waals surface area (Å²) in [6.07, 6.45) is 0. The first-order valence-electron chi connectivity index (χ1n) is 2.15. The smallest absolute Gasteiger partial charge is 0.125 e. The zero-order valence-electron chi connectivity index (χ0n) is 4.06. The molecule has 1 N–H and O–H groups in total. The molecule has 1 rings (SSSR count). The maximum absolute atomic E-state index is 8.67. The van der Waals surface area contributed by atoms with Crippen LogP contribution in [-0.4, -0.2) is 5.11 Å². The Morgan fingerprint density at radius 2 is 2.38 bits per heavy atom. The molecule has 0 aliphatic heterocycles. The largest absolute Gasteiger partial charge is 0.507 e. The molecule has 1 aromatic rings. The van der Waals surface area contributed by atoms with Gasteiger partial charge in [0.1, 0.15) is 5.75 Å². The Kier molecular flexibility index (Phi) is 1.40. The van der Waals surface area contributed by atoms with Crippen LogP contribution in [0.2, 0.25) is 5.02 Å². The van der Waals surface area contributed by atoms with Crippen LogP contribution in [-0.2, 0) is 0 Å². The second kappa shape index (κ2) is 2.05. The lowest BCUT2D eigenvalue weighted by atomic mass is 10.3. The first-order chi connectivity index (χ1) is 3.79. The molecule has 0 bridgehead atoms. The highest BCUT2D eigenvalue weighted by molar-refractivity contribution is 6.30. The molecule has 1 aromatic carbocycles. The van der Waals surface area contributed by atoms with Gasteiger partial charge in [-0.15, -0.1) is 0 Å². The molecule has 0 aromatic heterocycles. The lowest BCUT2D eigenvalue weighted by Crippen LogP contribution is -1.62. The Labute approximate surface area is 52.5 Å². The van der Waals surface area contributed by atoms with Gasteiger partial charge in [0.25, 0.3) is 0 Å². The average molecular weight is 128 g/mol. The normalized spacial score (nSPS) is 9.12. The summed E-state index contributed by atoms with van der Waals surface area (Å²) in [5.41, 5.74) is 0. The standard InChI is InChI=1S/C6H4ClO/c7-5-2-1-3-6(8)4-5/h1-2,4,8H. The first-order valence-corrected chi connectivity index (χ1v) is 2.53. The fourth-order valence-electron chi connectivity index (χ4n) is 0.427. The Bertz CT molecular complexity index is 168. The minimum absolute atomic E-state index is 0.0810. The van der Waals surface area contributed by atoms with E-state index in [1.54, 1.807) is 12.1 Å². The van der Waals surface area contributed by atoms with E-state index in [0.29, 0.717) is 5.02 Å². The highest BCUT2D eigenvalue weighted by atomic mass is 35.5. The van der Waals surface area contributed by atoms with Crippen LogP contribution in [0.4, 0.5) is 0 Å². The van der Waals surface area contributed by atoms with Crippen LogP contribution in [0.25, 0.3) is 0 Å². The topological polar surface area (TPSA) is 20.2 Å². The molecular weight excluding hydrogens is 124 g/mol. The Morgan fingerprint density at radius 1 is 1.62 bits per heavy atom. The summed E-state index contributed by atoms with van der Waals surface area (Å²) in [5.74, 6) is 0.0810. The zero-order valence-corrected chi connectivity index (χ0v) is 4.81. The maximum atomic E-state index is 8.67. The van der Waals surface area contributed by atoms with Gasteiger partial charge in [0.2, 0.25) is 0 Å². The third-order valence-corrected chi connectivity index (χ3v) is 0.983. The highest BCUT2D eigenvalue weighted by Crippen LogP contribution is 2.13. The van der Waals surface area contributed by atoms with Gasteiger partial charge in [0, 0.05) is 11.1 Å². The third kappa shape index (κ3) is 1.14. The van der Waals surface area contributed by atoms with Crippen molar-refractivity contribution in [1.82, 2.24) is 0 Å². The summed E-state index contributed by atoms with van der Waals surface area (Å²) in [7, 11) is 0. The predicted octanol–water partition coefficient (Wildman–Crippen LogP) is 1.85. The van der Waals surface area contributed by atoms with Gasteiger partial charge in [0.05, 0.1) is 0 Å². The summed E-state index contributed by atoms with van der Waals surface area (Å²) in [6.45, 7) is 0. The molecule has 1 radical (unpaired) electrons. The SMILES string of the molecule is Oc1[c]ccc(Cl)c1. The van der Waals surface area contributed by atoms with Gasteiger partial charge >= 0.3 is 0 Å². The summed E-state index contributed by atoms with van der Waals surface area (Å²) in [6, 6.07) is 7.20. The summed E-state index contributed by atoms with van der Waals surface area (Å²) in [5, 5.41) is 9.20. The van der Waals surface area contributed by atoms with Crippen LogP contribution >= 0.6 is 11.6 Å². The molecule has 0 fully saturated rings. The van der Waals surface area contributed by atoms with Crippen molar-refractivity contribution in [2.24, 2.45) is 0 Å². The molecule has 8 heavy (non-hydrogen) atoms. The molecule has 2 heteroatoms. The number of benzene rings is 1. The minimum atomic E-state index is 0.0810. The molecule has 0 saturated carbocycles. The third-order valence-electron chi connectivity index (χ3n) is 0.748. The Balaban J connectivity index is 3.08. The molecular formula is C6H4ClO. The fourth-order valence-corrected chi connectivity index (χ4v) is 0.593. The summed E-state index contributed by atoms with van der Waals surface area (Å²) >= 11 is 5.46. The van der Waals surface area contributed by atoms with E-state index in [4.69, 9.17) is 16.7 Å². The van der Waals surface area contributed by atoms with Crippen molar-refractivity contribution in [2.75, 3.05) is 0 Å². The number of phenolic OH excluding ortho intramolecular Hbond substituents is 1. The molecule has 0 unspecified atom stereocenters. The van der Waals surface area contributed by atoms with Gasteiger partial charge in [-0.05, 0) is 18.2 Å². The van der Waals surface area contributed by atoms with Gasteiger partial charge in [-0.1, -0.05) is 11.6 Å².